The van der Waals surface area contributed by atoms with Crippen LogP contribution in [0, 0.1) is 18.3 Å². The lowest BCUT2D eigenvalue weighted by Crippen LogP contribution is -2.32. The second kappa shape index (κ2) is 5.23. The van der Waals surface area contributed by atoms with Gasteiger partial charge in [-0.1, -0.05) is 11.6 Å². The smallest absolute Gasteiger partial charge is 0.240 e. The van der Waals surface area contributed by atoms with Gasteiger partial charge in [-0.05, 0) is 67.2 Å². The molecule has 1 aromatic carbocycles. The van der Waals surface area contributed by atoms with Crippen LogP contribution in [0.2, 0.25) is 5.02 Å². The Balaban J connectivity index is 1.83. The van der Waals surface area contributed by atoms with Crippen molar-refractivity contribution in [2.45, 2.75) is 44.0 Å². The highest BCUT2D eigenvalue weighted by Gasteiger charge is 2.53. The fourth-order valence-electron chi connectivity index (χ4n) is 3.10. The van der Waals surface area contributed by atoms with E-state index in [4.69, 9.17) is 17.3 Å². The van der Waals surface area contributed by atoms with E-state index in [2.05, 4.69) is 4.72 Å². The van der Waals surface area contributed by atoms with Crippen molar-refractivity contribution < 1.29 is 8.42 Å². The van der Waals surface area contributed by atoms with Crippen molar-refractivity contribution in [2.24, 2.45) is 17.1 Å². The number of sulfonamides is 1. The zero-order valence-electron chi connectivity index (χ0n) is 12.2. The molecule has 0 heterocycles. The van der Waals surface area contributed by atoms with Crippen molar-refractivity contribution in [3.63, 3.8) is 0 Å². The van der Waals surface area contributed by atoms with Crippen LogP contribution in [0.15, 0.2) is 17.0 Å². The second-order valence-electron chi connectivity index (χ2n) is 6.35. The maximum Gasteiger partial charge on any atom is 0.240 e. The molecule has 0 aromatic heterocycles. The Kier molecular flexibility index (Phi) is 3.81. The molecule has 0 aliphatic heterocycles. The summed E-state index contributed by atoms with van der Waals surface area (Å²) >= 11 is 6.02. The first-order valence-corrected chi connectivity index (χ1v) is 9.23. The lowest BCUT2D eigenvalue weighted by atomic mass is 10.0. The first kappa shape index (κ1) is 15.3. The van der Waals surface area contributed by atoms with Crippen LogP contribution in [0.25, 0.3) is 0 Å². The van der Waals surface area contributed by atoms with E-state index >= 15 is 0 Å². The van der Waals surface area contributed by atoms with Gasteiger partial charge in [-0.2, -0.15) is 0 Å². The molecule has 2 fully saturated rings. The summed E-state index contributed by atoms with van der Waals surface area (Å²) < 4.78 is 28.0. The number of hydrogen-bond donors (Lipinski definition) is 2. The molecular formula is C15H21ClN2O2S. The van der Waals surface area contributed by atoms with Crippen LogP contribution >= 0.6 is 11.6 Å². The summed E-state index contributed by atoms with van der Waals surface area (Å²) in [4.78, 5) is 0.252. The Morgan fingerprint density at radius 2 is 2.05 bits per heavy atom. The van der Waals surface area contributed by atoms with E-state index in [0.717, 1.165) is 24.3 Å². The predicted octanol–water partition coefficient (Wildman–Crippen LogP) is 2.58. The van der Waals surface area contributed by atoms with Gasteiger partial charge in [0.05, 0.1) is 4.90 Å². The van der Waals surface area contributed by atoms with Crippen LogP contribution in [0.5, 0.6) is 0 Å². The zero-order valence-corrected chi connectivity index (χ0v) is 13.7. The summed E-state index contributed by atoms with van der Waals surface area (Å²) in [7, 11) is -3.53. The lowest BCUT2D eigenvalue weighted by molar-refractivity contribution is 0.432. The monoisotopic (exact) mass is 328 g/mol. The van der Waals surface area contributed by atoms with Crippen molar-refractivity contribution in [3.8, 4) is 0 Å². The minimum absolute atomic E-state index is 0.232. The third-order valence-corrected chi connectivity index (χ3v) is 6.64. The average molecular weight is 329 g/mol. The van der Waals surface area contributed by atoms with E-state index < -0.39 is 10.0 Å². The molecule has 1 aromatic rings. The molecule has 0 saturated heterocycles. The number of halogens is 1. The molecule has 3 rings (SSSR count). The van der Waals surface area contributed by atoms with Crippen molar-refractivity contribution >= 4 is 21.6 Å². The van der Waals surface area contributed by atoms with E-state index in [0.29, 0.717) is 17.1 Å². The van der Waals surface area contributed by atoms with Crippen LogP contribution in [-0.2, 0) is 16.6 Å². The minimum atomic E-state index is -3.53. The topological polar surface area (TPSA) is 72.2 Å². The number of benzene rings is 1. The maximum atomic E-state index is 12.6. The standard InChI is InChI=1S/C15H21ClN2O2S/c1-10-11(8-17)6-13(16)7-14(10)21(19,20)18-9-15(4-5-15)12-2-3-12/h6-7,12,18H,2-5,8-9,17H2,1H3. The molecule has 0 unspecified atom stereocenters. The van der Waals surface area contributed by atoms with Gasteiger partial charge in [0.2, 0.25) is 10.0 Å². The molecule has 21 heavy (non-hydrogen) atoms. The Morgan fingerprint density at radius 1 is 1.38 bits per heavy atom. The van der Waals surface area contributed by atoms with Gasteiger partial charge in [-0.25, -0.2) is 13.1 Å². The summed E-state index contributed by atoms with van der Waals surface area (Å²) in [5.41, 5.74) is 7.35. The van der Waals surface area contributed by atoms with Crippen LogP contribution in [0.3, 0.4) is 0 Å². The number of nitrogens with two attached hydrogens (primary N) is 1. The molecular weight excluding hydrogens is 308 g/mol. The Hall–Kier alpha value is -0.620. The second-order valence-corrected chi connectivity index (χ2v) is 8.53. The van der Waals surface area contributed by atoms with Crippen molar-refractivity contribution in [1.82, 2.24) is 4.72 Å². The van der Waals surface area contributed by atoms with Crippen molar-refractivity contribution in [1.29, 1.82) is 0 Å². The molecule has 2 aliphatic carbocycles. The Morgan fingerprint density at radius 3 is 2.57 bits per heavy atom. The molecule has 116 valence electrons. The van der Waals surface area contributed by atoms with Gasteiger partial charge in [0.15, 0.2) is 0 Å². The van der Waals surface area contributed by atoms with Gasteiger partial charge in [0, 0.05) is 18.1 Å². The summed E-state index contributed by atoms with van der Waals surface area (Å²) in [6, 6.07) is 3.23. The highest BCUT2D eigenvalue weighted by atomic mass is 35.5. The molecule has 2 aliphatic rings. The third kappa shape index (κ3) is 2.97. The molecule has 2 saturated carbocycles. The summed E-state index contributed by atoms with van der Waals surface area (Å²) in [6.45, 7) is 2.60. The van der Waals surface area contributed by atoms with E-state index in [-0.39, 0.29) is 16.9 Å². The summed E-state index contributed by atoms with van der Waals surface area (Å²) in [6.07, 6.45) is 4.77. The van der Waals surface area contributed by atoms with Crippen molar-refractivity contribution in [2.75, 3.05) is 6.54 Å². The van der Waals surface area contributed by atoms with Gasteiger partial charge in [-0.3, -0.25) is 0 Å². The molecule has 0 spiro atoms. The number of hydrogen-bond acceptors (Lipinski definition) is 3. The Bertz CT molecular complexity index is 664. The van der Waals surface area contributed by atoms with Gasteiger partial charge in [-0.15, -0.1) is 0 Å². The van der Waals surface area contributed by atoms with E-state index in [9.17, 15) is 8.42 Å². The Labute approximate surface area is 131 Å². The first-order chi connectivity index (χ1) is 9.88. The molecule has 0 bridgehead atoms. The van der Waals surface area contributed by atoms with Crippen LogP contribution in [0.4, 0.5) is 0 Å². The summed E-state index contributed by atoms with van der Waals surface area (Å²) in [5, 5.41) is 0.407. The molecule has 0 amide bonds. The summed E-state index contributed by atoms with van der Waals surface area (Å²) in [5.74, 6) is 0.722. The van der Waals surface area contributed by atoms with E-state index in [1.165, 1.54) is 18.9 Å². The molecule has 4 nitrogen and oxygen atoms in total. The SMILES string of the molecule is Cc1c(CN)cc(Cl)cc1S(=O)(=O)NCC1(C2CC2)CC1. The molecule has 3 N–H and O–H groups in total. The normalized spacial score (nSPS) is 20.5. The maximum absolute atomic E-state index is 12.6. The molecule has 6 heteroatoms. The van der Waals surface area contributed by atoms with Gasteiger partial charge < -0.3 is 5.73 Å². The average Bonchev–Trinajstić information content (AvgIpc) is 3.30. The fraction of sp³-hybridized carbons (Fsp3) is 0.600. The van der Waals surface area contributed by atoms with Crippen LogP contribution in [0.1, 0.15) is 36.8 Å². The zero-order chi connectivity index (χ0) is 15.3. The van der Waals surface area contributed by atoms with Crippen LogP contribution < -0.4 is 10.5 Å². The van der Waals surface area contributed by atoms with Crippen molar-refractivity contribution in [3.05, 3.63) is 28.3 Å². The largest absolute Gasteiger partial charge is 0.326 e. The highest BCUT2D eigenvalue weighted by Crippen LogP contribution is 2.60. The van der Waals surface area contributed by atoms with Gasteiger partial charge in [0.25, 0.3) is 0 Å². The highest BCUT2D eigenvalue weighted by molar-refractivity contribution is 7.89. The third-order valence-electron chi connectivity index (χ3n) is 4.89. The number of nitrogens with one attached hydrogen (secondary N) is 1. The van der Waals surface area contributed by atoms with Gasteiger partial charge in [0.1, 0.15) is 0 Å². The number of rotatable bonds is 6. The fourth-order valence-corrected chi connectivity index (χ4v) is 4.86. The molecule has 0 atom stereocenters. The molecule has 0 radical (unpaired) electrons. The minimum Gasteiger partial charge on any atom is -0.326 e. The predicted molar refractivity (Wildman–Crippen MR) is 83.7 cm³/mol. The van der Waals surface area contributed by atoms with Crippen LogP contribution in [-0.4, -0.2) is 15.0 Å². The first-order valence-electron chi connectivity index (χ1n) is 7.37. The lowest BCUT2D eigenvalue weighted by Gasteiger charge is -2.17. The quantitative estimate of drug-likeness (QED) is 0.843. The van der Waals surface area contributed by atoms with Gasteiger partial charge >= 0.3 is 0 Å². The van der Waals surface area contributed by atoms with E-state index in [1.54, 1.807) is 13.0 Å². The van der Waals surface area contributed by atoms with E-state index in [1.807, 2.05) is 0 Å².